The first-order valence-corrected chi connectivity index (χ1v) is 12.5. The van der Waals surface area contributed by atoms with Gasteiger partial charge in [-0.3, -0.25) is 18.9 Å². The fourth-order valence-corrected chi connectivity index (χ4v) is 7.82. The van der Waals surface area contributed by atoms with E-state index in [2.05, 4.69) is 0 Å². The fraction of sp³-hybridized carbons (Fsp3) is 0.850. The molecule has 4 saturated carbocycles. The molecule has 176 valence electrons. The molecule has 12 atom stereocenters. The van der Waals surface area contributed by atoms with Crippen molar-refractivity contribution in [1.82, 2.24) is 0 Å². The van der Waals surface area contributed by atoms with Crippen LogP contribution in [-0.2, 0) is 43.4 Å². The van der Waals surface area contributed by atoms with Gasteiger partial charge >= 0.3 is 17.9 Å². The molecular weight excluding hydrogens is 448 g/mol. The molecule has 0 radical (unpaired) electrons. The summed E-state index contributed by atoms with van der Waals surface area (Å²) in [6.45, 7) is 0. The molecule has 0 aromatic heterocycles. The Bertz CT molecular complexity index is 978. The maximum Gasteiger partial charge on any atom is 0.327 e. The second-order valence-corrected chi connectivity index (χ2v) is 11.6. The van der Waals surface area contributed by atoms with Crippen LogP contribution in [0.5, 0.6) is 0 Å². The lowest BCUT2D eigenvalue weighted by molar-refractivity contribution is -0.168. The summed E-state index contributed by atoms with van der Waals surface area (Å²) >= 11 is 0. The minimum Gasteiger partial charge on any atom is -0.459 e. The molecule has 4 bridgehead atoms. The summed E-state index contributed by atoms with van der Waals surface area (Å²) < 4.78 is 55.0. The summed E-state index contributed by atoms with van der Waals surface area (Å²) in [6, 6.07) is 0. The van der Waals surface area contributed by atoms with E-state index in [4.69, 9.17) is 18.9 Å². The molecule has 6 aliphatic rings. The topological polar surface area (TPSA) is 163 Å². The average Bonchev–Trinajstić information content (AvgIpc) is 3.49. The van der Waals surface area contributed by atoms with Crippen LogP contribution in [0, 0.1) is 35.5 Å². The summed E-state index contributed by atoms with van der Waals surface area (Å²) in [5, 5.41) is 7.81. The molecule has 2 saturated heterocycles. The SMILES string of the molecule is O=C(CC(C(=O)OC1C2OC(=O)C3C[C@@H]1CC32)S(=O)(=O)O)OC1C2CC3C(O)OC1C3C2. The molecule has 0 spiro atoms. The zero-order chi connectivity index (χ0) is 22.5. The monoisotopic (exact) mass is 472 g/mol. The largest absolute Gasteiger partial charge is 0.459 e. The van der Waals surface area contributed by atoms with E-state index in [1.165, 1.54) is 0 Å². The van der Waals surface area contributed by atoms with Crippen LogP contribution in [0.3, 0.4) is 0 Å². The Hall–Kier alpha value is -1.76. The molecule has 0 aromatic rings. The van der Waals surface area contributed by atoms with E-state index in [1.807, 2.05) is 0 Å². The van der Waals surface area contributed by atoms with Crippen molar-refractivity contribution in [3.8, 4) is 0 Å². The van der Waals surface area contributed by atoms with E-state index in [9.17, 15) is 32.5 Å². The van der Waals surface area contributed by atoms with Crippen molar-refractivity contribution in [2.45, 2.75) is 68.1 Å². The quantitative estimate of drug-likeness (QED) is 0.289. The molecule has 6 fully saturated rings. The normalized spacial score (nSPS) is 48.2. The Morgan fingerprint density at radius 1 is 1.00 bits per heavy atom. The van der Waals surface area contributed by atoms with Gasteiger partial charge in [-0.05, 0) is 37.5 Å². The lowest BCUT2D eigenvalue weighted by atomic mass is 9.87. The Morgan fingerprint density at radius 2 is 1.66 bits per heavy atom. The van der Waals surface area contributed by atoms with Gasteiger partial charge in [0.2, 0.25) is 0 Å². The second kappa shape index (κ2) is 6.87. The number of fused-ring (bicyclic) bond motifs is 2. The first kappa shape index (κ1) is 20.8. The molecule has 0 aromatic carbocycles. The highest BCUT2D eigenvalue weighted by molar-refractivity contribution is 7.87. The Kier molecular flexibility index (Phi) is 4.47. The van der Waals surface area contributed by atoms with Crippen molar-refractivity contribution >= 4 is 28.0 Å². The van der Waals surface area contributed by atoms with Crippen molar-refractivity contribution < 1.29 is 51.4 Å². The minimum absolute atomic E-state index is 0.00581. The predicted molar refractivity (Wildman–Crippen MR) is 99.9 cm³/mol. The third-order valence-electron chi connectivity index (χ3n) is 8.48. The summed E-state index contributed by atoms with van der Waals surface area (Å²) in [4.78, 5) is 37.1. The lowest BCUT2D eigenvalue weighted by Crippen LogP contribution is -2.43. The molecule has 2 aliphatic heterocycles. The van der Waals surface area contributed by atoms with Gasteiger partial charge in [0.05, 0.1) is 12.3 Å². The van der Waals surface area contributed by atoms with Gasteiger partial charge in [0.25, 0.3) is 10.1 Å². The van der Waals surface area contributed by atoms with Crippen molar-refractivity contribution in [2.24, 2.45) is 35.5 Å². The number of carbonyl (C=O) groups is 3. The third kappa shape index (κ3) is 2.95. The van der Waals surface area contributed by atoms with Crippen LogP contribution in [0.1, 0.15) is 32.1 Å². The Labute approximate surface area is 183 Å². The third-order valence-corrected chi connectivity index (χ3v) is 9.56. The number of ether oxygens (including phenoxy) is 4. The average molecular weight is 472 g/mol. The molecule has 6 rings (SSSR count). The van der Waals surface area contributed by atoms with Crippen LogP contribution in [0.25, 0.3) is 0 Å². The minimum atomic E-state index is -4.96. The standard InChI is InChI=1S/C20H24O11S/c21-13(28-14-6-1-8-10(3-6)18(22)30-16(8)14)5-12(32(25,26)27)20(24)29-15-7-2-9-11(4-7)19(23)31-17(9)15/h6-12,14-18,22H,1-5H2,(H,25,26,27)/t6?,7-,8?,9?,10?,11?,12?,14?,15?,16?,17?,18?/m0/s1. The van der Waals surface area contributed by atoms with Crippen LogP contribution in [-0.4, -0.2) is 71.9 Å². The maximum absolute atomic E-state index is 12.7. The van der Waals surface area contributed by atoms with Crippen molar-refractivity contribution in [1.29, 1.82) is 0 Å². The predicted octanol–water partition coefficient (Wildman–Crippen LogP) is -0.589. The number of hydrogen-bond donors (Lipinski definition) is 2. The molecule has 11 nitrogen and oxygen atoms in total. The summed E-state index contributed by atoms with van der Waals surface area (Å²) in [5.74, 6) is -2.82. The first-order valence-electron chi connectivity index (χ1n) is 11.0. The van der Waals surface area contributed by atoms with Crippen molar-refractivity contribution in [2.75, 3.05) is 0 Å². The molecule has 2 heterocycles. The number of hydrogen-bond acceptors (Lipinski definition) is 10. The van der Waals surface area contributed by atoms with E-state index in [0.717, 1.165) is 6.42 Å². The first-order chi connectivity index (χ1) is 15.1. The second-order valence-electron chi connectivity index (χ2n) is 10.0. The number of aliphatic hydroxyl groups excluding tert-OH is 1. The van der Waals surface area contributed by atoms with Gasteiger partial charge in [-0.1, -0.05) is 0 Å². The van der Waals surface area contributed by atoms with Gasteiger partial charge in [-0.15, -0.1) is 0 Å². The van der Waals surface area contributed by atoms with Gasteiger partial charge in [-0.25, -0.2) is 0 Å². The zero-order valence-corrected chi connectivity index (χ0v) is 17.8. The van der Waals surface area contributed by atoms with E-state index in [-0.39, 0.29) is 41.5 Å². The van der Waals surface area contributed by atoms with Crippen LogP contribution >= 0.6 is 0 Å². The van der Waals surface area contributed by atoms with Gasteiger partial charge in [0, 0.05) is 17.8 Å². The molecule has 11 unspecified atom stereocenters. The number of aliphatic hydroxyl groups is 1. The van der Waals surface area contributed by atoms with Gasteiger partial charge < -0.3 is 24.1 Å². The van der Waals surface area contributed by atoms with Gasteiger partial charge in [-0.2, -0.15) is 8.42 Å². The van der Waals surface area contributed by atoms with Crippen LogP contribution < -0.4 is 0 Å². The summed E-state index contributed by atoms with van der Waals surface area (Å²) in [7, 11) is -4.96. The molecule has 0 amide bonds. The van der Waals surface area contributed by atoms with Crippen LogP contribution in [0.4, 0.5) is 0 Å². The molecule has 2 N–H and O–H groups in total. The zero-order valence-electron chi connectivity index (χ0n) is 16.9. The van der Waals surface area contributed by atoms with E-state index in [1.54, 1.807) is 0 Å². The number of carbonyl (C=O) groups excluding carboxylic acids is 3. The van der Waals surface area contributed by atoms with Crippen LogP contribution in [0.15, 0.2) is 0 Å². The van der Waals surface area contributed by atoms with E-state index >= 15 is 0 Å². The van der Waals surface area contributed by atoms with E-state index < -0.39 is 64.4 Å². The smallest absolute Gasteiger partial charge is 0.327 e. The van der Waals surface area contributed by atoms with E-state index in [0.29, 0.717) is 19.3 Å². The number of esters is 3. The van der Waals surface area contributed by atoms with Crippen molar-refractivity contribution in [3.63, 3.8) is 0 Å². The highest BCUT2D eigenvalue weighted by atomic mass is 32.2. The fourth-order valence-electron chi connectivity index (χ4n) is 7.17. The molecule has 4 aliphatic carbocycles. The Balaban J connectivity index is 1.12. The highest BCUT2D eigenvalue weighted by Crippen LogP contribution is 2.57. The Morgan fingerprint density at radius 3 is 2.41 bits per heavy atom. The molecule has 32 heavy (non-hydrogen) atoms. The van der Waals surface area contributed by atoms with Gasteiger partial charge in [0.1, 0.15) is 24.4 Å². The highest BCUT2D eigenvalue weighted by Gasteiger charge is 2.64. The number of rotatable bonds is 6. The summed E-state index contributed by atoms with van der Waals surface area (Å²) in [5.41, 5.74) is 0. The summed E-state index contributed by atoms with van der Waals surface area (Å²) in [6.07, 6.45) is -1.72. The van der Waals surface area contributed by atoms with Gasteiger partial charge in [0.15, 0.2) is 11.5 Å². The van der Waals surface area contributed by atoms with Crippen LogP contribution in [0.2, 0.25) is 0 Å². The van der Waals surface area contributed by atoms with Crippen molar-refractivity contribution in [3.05, 3.63) is 0 Å². The molecular formula is C20H24O11S. The lowest BCUT2D eigenvalue weighted by Gasteiger charge is -2.28. The maximum atomic E-state index is 12.7. The molecule has 12 heteroatoms.